The molecule has 3 rings (SSSR count). The summed E-state index contributed by atoms with van der Waals surface area (Å²) in [6.45, 7) is 9.82. The minimum absolute atomic E-state index is 0.215. The zero-order chi connectivity index (χ0) is 15.0. The Hall–Kier alpha value is -1.51. The summed E-state index contributed by atoms with van der Waals surface area (Å²) in [5.41, 5.74) is 5.42. The van der Waals surface area contributed by atoms with Crippen molar-refractivity contribution in [2.75, 3.05) is 6.54 Å². The molecule has 3 heteroatoms. The van der Waals surface area contributed by atoms with Crippen LogP contribution < -0.4 is 0 Å². The molecule has 0 N–H and O–H groups in total. The molecule has 1 aliphatic heterocycles. The highest BCUT2D eigenvalue weighted by atomic mass is 14.9. The molecule has 0 aromatic carbocycles. The summed E-state index contributed by atoms with van der Waals surface area (Å²) in [5, 5.41) is 0. The van der Waals surface area contributed by atoms with Crippen LogP contribution in [0.3, 0.4) is 0 Å². The molecule has 0 spiro atoms. The molecule has 0 amide bonds. The second-order valence-corrected chi connectivity index (χ2v) is 7.37. The Morgan fingerprint density at radius 3 is 2.52 bits per heavy atom. The van der Waals surface area contributed by atoms with Gasteiger partial charge < -0.3 is 0 Å². The van der Waals surface area contributed by atoms with Gasteiger partial charge in [-0.15, -0.1) is 0 Å². The summed E-state index contributed by atoms with van der Waals surface area (Å²) in [7, 11) is 0. The van der Waals surface area contributed by atoms with Crippen molar-refractivity contribution in [1.29, 1.82) is 0 Å². The van der Waals surface area contributed by atoms with Crippen molar-refractivity contribution >= 4 is 11.3 Å². The van der Waals surface area contributed by atoms with E-state index in [4.69, 9.17) is 4.99 Å². The third-order valence-corrected chi connectivity index (χ3v) is 4.53. The minimum Gasteiger partial charge on any atom is -0.284 e. The first-order valence-corrected chi connectivity index (χ1v) is 8.06. The second-order valence-electron chi connectivity index (χ2n) is 7.37. The molecule has 2 aliphatic rings. The van der Waals surface area contributed by atoms with Gasteiger partial charge in [0.15, 0.2) is 5.82 Å². The van der Waals surface area contributed by atoms with Gasteiger partial charge in [-0.2, -0.15) is 0 Å². The molecule has 1 fully saturated rings. The fraction of sp³-hybridized carbons (Fsp3) is 0.611. The number of nitrogens with zero attached hydrogens (tertiary/aromatic N) is 3. The van der Waals surface area contributed by atoms with Crippen LogP contribution in [0.1, 0.15) is 58.3 Å². The molecule has 0 radical (unpaired) electrons. The van der Waals surface area contributed by atoms with E-state index in [1.165, 1.54) is 35.3 Å². The highest BCUT2D eigenvalue weighted by Crippen LogP contribution is 2.41. The third kappa shape index (κ3) is 2.78. The van der Waals surface area contributed by atoms with Crippen molar-refractivity contribution in [1.82, 2.24) is 9.97 Å². The summed E-state index contributed by atoms with van der Waals surface area (Å²) in [5.74, 6) is 1.52. The summed E-state index contributed by atoms with van der Waals surface area (Å²) >= 11 is 0. The van der Waals surface area contributed by atoms with Crippen molar-refractivity contribution in [3.05, 3.63) is 29.4 Å². The van der Waals surface area contributed by atoms with Crippen LogP contribution in [0.25, 0.3) is 5.57 Å². The molecule has 112 valence electrons. The average molecular weight is 283 g/mol. The molecule has 21 heavy (non-hydrogen) atoms. The van der Waals surface area contributed by atoms with E-state index in [0.717, 1.165) is 25.2 Å². The standard InChI is InChI=1S/C18H25N3/c1-12(2)8-13-9-20-17(21-10-13)15-11-19-16-14(15)6-5-7-18(16,3)4/h9-10,12H,5-8,11H2,1-4H3. The van der Waals surface area contributed by atoms with Crippen LogP contribution in [-0.2, 0) is 6.42 Å². The van der Waals surface area contributed by atoms with E-state index in [1.54, 1.807) is 0 Å². The highest BCUT2D eigenvalue weighted by Gasteiger charge is 2.36. The van der Waals surface area contributed by atoms with Gasteiger partial charge in [0, 0.05) is 29.1 Å². The van der Waals surface area contributed by atoms with E-state index in [-0.39, 0.29) is 5.41 Å². The van der Waals surface area contributed by atoms with Gasteiger partial charge in [-0.25, -0.2) is 9.97 Å². The first-order chi connectivity index (χ1) is 9.97. The van der Waals surface area contributed by atoms with Gasteiger partial charge in [-0.05, 0) is 42.7 Å². The lowest BCUT2D eigenvalue weighted by atomic mass is 9.73. The Labute approximate surface area is 127 Å². The predicted octanol–water partition coefficient (Wildman–Crippen LogP) is 4.09. The van der Waals surface area contributed by atoms with E-state index in [9.17, 15) is 0 Å². The summed E-state index contributed by atoms with van der Waals surface area (Å²) in [6, 6.07) is 0. The SMILES string of the molecule is CC(C)Cc1cnc(C2=C3CCCC(C)(C)C3=NC2)nc1. The molecule has 1 saturated carbocycles. The van der Waals surface area contributed by atoms with Crippen molar-refractivity contribution in [3.63, 3.8) is 0 Å². The van der Waals surface area contributed by atoms with Crippen LogP contribution in [0.4, 0.5) is 0 Å². The molecular formula is C18H25N3. The fourth-order valence-electron chi connectivity index (χ4n) is 3.50. The lowest BCUT2D eigenvalue weighted by Crippen LogP contribution is -2.28. The summed E-state index contributed by atoms with van der Waals surface area (Å²) in [4.78, 5) is 14.0. The van der Waals surface area contributed by atoms with Gasteiger partial charge in [0.2, 0.25) is 0 Å². The quantitative estimate of drug-likeness (QED) is 0.838. The molecule has 1 aromatic rings. The van der Waals surface area contributed by atoms with Gasteiger partial charge >= 0.3 is 0 Å². The molecule has 0 unspecified atom stereocenters. The van der Waals surface area contributed by atoms with E-state index in [1.807, 2.05) is 12.4 Å². The zero-order valence-electron chi connectivity index (χ0n) is 13.6. The lowest BCUT2D eigenvalue weighted by Gasteiger charge is -2.31. The number of aromatic nitrogens is 2. The highest BCUT2D eigenvalue weighted by molar-refractivity contribution is 6.12. The average Bonchev–Trinajstić information content (AvgIpc) is 2.84. The van der Waals surface area contributed by atoms with Crippen LogP contribution in [0, 0.1) is 11.3 Å². The number of aliphatic imine (C=N–C) groups is 1. The molecular weight excluding hydrogens is 258 g/mol. The molecule has 0 saturated heterocycles. The fourth-order valence-corrected chi connectivity index (χ4v) is 3.50. The Kier molecular flexibility index (Phi) is 3.68. The number of fused-ring (bicyclic) bond motifs is 1. The van der Waals surface area contributed by atoms with Crippen LogP contribution in [-0.4, -0.2) is 22.2 Å². The molecule has 0 bridgehead atoms. The van der Waals surface area contributed by atoms with Crippen molar-refractivity contribution in [2.24, 2.45) is 16.3 Å². The Balaban J connectivity index is 1.88. The number of allylic oxidation sites excluding steroid dienone is 1. The molecule has 3 nitrogen and oxygen atoms in total. The maximum atomic E-state index is 4.80. The number of rotatable bonds is 3. The summed E-state index contributed by atoms with van der Waals surface area (Å²) in [6.07, 6.45) is 8.63. The molecule has 0 atom stereocenters. The maximum absolute atomic E-state index is 4.80. The van der Waals surface area contributed by atoms with Crippen molar-refractivity contribution in [2.45, 2.75) is 53.4 Å². The molecule has 2 heterocycles. The maximum Gasteiger partial charge on any atom is 0.157 e. The van der Waals surface area contributed by atoms with E-state index in [2.05, 4.69) is 37.7 Å². The van der Waals surface area contributed by atoms with Crippen molar-refractivity contribution < 1.29 is 0 Å². The third-order valence-electron chi connectivity index (χ3n) is 4.53. The monoisotopic (exact) mass is 283 g/mol. The largest absolute Gasteiger partial charge is 0.284 e. The van der Waals surface area contributed by atoms with Crippen LogP contribution in [0.5, 0.6) is 0 Å². The first-order valence-electron chi connectivity index (χ1n) is 8.06. The van der Waals surface area contributed by atoms with Gasteiger partial charge in [-0.3, -0.25) is 4.99 Å². The Morgan fingerprint density at radius 2 is 1.86 bits per heavy atom. The Bertz CT molecular complexity index is 591. The van der Waals surface area contributed by atoms with Crippen LogP contribution >= 0.6 is 0 Å². The summed E-state index contributed by atoms with van der Waals surface area (Å²) < 4.78 is 0. The van der Waals surface area contributed by atoms with E-state index >= 15 is 0 Å². The number of hydrogen-bond donors (Lipinski definition) is 0. The number of hydrogen-bond acceptors (Lipinski definition) is 3. The topological polar surface area (TPSA) is 38.1 Å². The van der Waals surface area contributed by atoms with Gasteiger partial charge in [0.25, 0.3) is 0 Å². The van der Waals surface area contributed by atoms with Gasteiger partial charge in [0.1, 0.15) is 0 Å². The molecule has 1 aromatic heterocycles. The van der Waals surface area contributed by atoms with Gasteiger partial charge in [0.05, 0.1) is 6.54 Å². The molecule has 1 aliphatic carbocycles. The second kappa shape index (κ2) is 5.36. The minimum atomic E-state index is 0.215. The lowest BCUT2D eigenvalue weighted by molar-refractivity contribution is 0.438. The van der Waals surface area contributed by atoms with Crippen LogP contribution in [0.15, 0.2) is 23.0 Å². The zero-order valence-corrected chi connectivity index (χ0v) is 13.6. The van der Waals surface area contributed by atoms with E-state index in [0.29, 0.717) is 5.92 Å². The smallest absolute Gasteiger partial charge is 0.157 e. The van der Waals surface area contributed by atoms with E-state index < -0.39 is 0 Å². The van der Waals surface area contributed by atoms with Crippen molar-refractivity contribution in [3.8, 4) is 0 Å². The Morgan fingerprint density at radius 1 is 1.14 bits per heavy atom. The predicted molar refractivity (Wildman–Crippen MR) is 87.4 cm³/mol. The first kappa shape index (κ1) is 14.4. The normalized spacial score (nSPS) is 20.7. The van der Waals surface area contributed by atoms with Gasteiger partial charge in [-0.1, -0.05) is 27.7 Å². The van der Waals surface area contributed by atoms with Crippen LogP contribution in [0.2, 0.25) is 0 Å².